The minimum Gasteiger partial charge on any atom is -0.457 e. The highest BCUT2D eigenvalue weighted by atomic mass is 19.4. The van der Waals surface area contributed by atoms with Crippen molar-refractivity contribution in [3.05, 3.63) is 72.1 Å². The molecule has 3 amide bonds. The minimum absolute atomic E-state index is 0.143. The van der Waals surface area contributed by atoms with Crippen LogP contribution in [0.1, 0.15) is 16.1 Å². The third-order valence-corrected chi connectivity index (χ3v) is 4.31. The van der Waals surface area contributed by atoms with Crippen molar-refractivity contribution in [2.24, 2.45) is 0 Å². The van der Waals surface area contributed by atoms with Crippen LogP contribution < -0.4 is 25.4 Å². The molecule has 0 radical (unpaired) electrons. The van der Waals surface area contributed by atoms with Gasteiger partial charge in [0.05, 0.1) is 11.3 Å². The molecule has 35 heavy (non-hydrogen) atoms. The lowest BCUT2D eigenvalue weighted by Gasteiger charge is -2.15. The van der Waals surface area contributed by atoms with Crippen LogP contribution in [0.4, 0.5) is 38.1 Å². The highest BCUT2D eigenvalue weighted by molar-refractivity contribution is 6.00. The summed E-state index contributed by atoms with van der Waals surface area (Å²) in [5.41, 5.74) is -1.39. The van der Waals surface area contributed by atoms with Gasteiger partial charge in [-0.15, -0.1) is 0 Å². The maximum atomic E-state index is 13.0. The third kappa shape index (κ3) is 7.03. The smallest absolute Gasteiger partial charge is 0.416 e. The van der Waals surface area contributed by atoms with Crippen molar-refractivity contribution in [3.8, 4) is 17.2 Å². The van der Waals surface area contributed by atoms with Crippen molar-refractivity contribution in [3.63, 3.8) is 0 Å². The number of amides is 3. The second-order valence-corrected chi connectivity index (χ2v) is 6.75. The molecule has 13 heteroatoms. The van der Waals surface area contributed by atoms with Crippen LogP contribution in [0.2, 0.25) is 0 Å². The van der Waals surface area contributed by atoms with Crippen LogP contribution in [0.25, 0.3) is 0 Å². The van der Waals surface area contributed by atoms with E-state index in [0.717, 1.165) is 0 Å². The highest BCUT2D eigenvalue weighted by Gasteiger charge is 2.31. The Morgan fingerprint density at radius 3 is 2.29 bits per heavy atom. The third-order valence-electron chi connectivity index (χ3n) is 4.31. The molecule has 0 fully saturated rings. The summed E-state index contributed by atoms with van der Waals surface area (Å²) in [6.07, 6.45) is -3.37. The number of hydrogen-bond donors (Lipinski definition) is 3. The van der Waals surface area contributed by atoms with Crippen molar-refractivity contribution in [1.82, 2.24) is 10.3 Å². The second-order valence-electron chi connectivity index (χ2n) is 6.75. The average molecular weight is 496 g/mol. The van der Waals surface area contributed by atoms with E-state index >= 15 is 0 Å². The molecule has 2 aromatic carbocycles. The average Bonchev–Trinajstić information content (AvgIpc) is 2.80. The number of hydrogen-bond acceptors (Lipinski definition) is 5. The van der Waals surface area contributed by atoms with Crippen LogP contribution in [-0.2, 0) is 6.18 Å². The zero-order valence-corrected chi connectivity index (χ0v) is 17.8. The maximum Gasteiger partial charge on any atom is 0.416 e. The van der Waals surface area contributed by atoms with Gasteiger partial charge < -0.3 is 25.4 Å². The van der Waals surface area contributed by atoms with Gasteiger partial charge in [-0.25, -0.2) is 4.79 Å². The molecule has 0 atom stereocenters. The Labute approximate surface area is 195 Å². The number of nitrogens with zero attached hydrogens (tertiary/aromatic N) is 1. The quantitative estimate of drug-likeness (QED) is 0.375. The van der Waals surface area contributed by atoms with Gasteiger partial charge in [-0.05, 0) is 48.5 Å². The number of aromatic nitrogens is 1. The molecule has 0 aliphatic carbocycles. The SMILES string of the molecule is CNC(=O)c1cc(Oc2ccc(NC(=O)Nc3cc(C(F)(F)F)ccc3OC(F)F)cc2)ccn1. The molecule has 3 aromatic rings. The number of alkyl halides is 5. The Morgan fingerprint density at radius 2 is 1.66 bits per heavy atom. The van der Waals surface area contributed by atoms with Crippen LogP contribution in [0, 0.1) is 0 Å². The molecule has 0 aliphatic rings. The van der Waals surface area contributed by atoms with Crippen LogP contribution >= 0.6 is 0 Å². The summed E-state index contributed by atoms with van der Waals surface area (Å²) in [7, 11) is 1.46. The summed E-state index contributed by atoms with van der Waals surface area (Å²) < 4.78 is 73.9. The molecular weight excluding hydrogens is 479 g/mol. The van der Waals surface area contributed by atoms with Gasteiger partial charge in [0, 0.05) is 25.0 Å². The number of nitrogens with one attached hydrogen (secondary N) is 3. The van der Waals surface area contributed by atoms with Crippen molar-refractivity contribution >= 4 is 23.3 Å². The zero-order valence-electron chi connectivity index (χ0n) is 17.8. The maximum absolute atomic E-state index is 13.0. The molecule has 3 N–H and O–H groups in total. The Balaban J connectivity index is 1.68. The lowest BCUT2D eigenvalue weighted by Crippen LogP contribution is -2.21. The predicted octanol–water partition coefficient (Wildman–Crippen LogP) is 5.50. The Kier molecular flexibility index (Phi) is 7.69. The van der Waals surface area contributed by atoms with Gasteiger partial charge in [-0.2, -0.15) is 22.0 Å². The number of halogens is 5. The molecule has 8 nitrogen and oxygen atoms in total. The molecule has 0 saturated carbocycles. The fraction of sp³-hybridized carbons (Fsp3) is 0.136. The molecule has 0 spiro atoms. The molecular formula is C22H17F5N4O4. The normalized spacial score (nSPS) is 11.1. The predicted molar refractivity (Wildman–Crippen MR) is 115 cm³/mol. The van der Waals surface area contributed by atoms with E-state index in [0.29, 0.717) is 29.7 Å². The van der Waals surface area contributed by atoms with Gasteiger partial charge in [0.1, 0.15) is 22.9 Å². The fourth-order valence-corrected chi connectivity index (χ4v) is 2.76. The van der Waals surface area contributed by atoms with E-state index in [1.807, 2.05) is 0 Å². The fourth-order valence-electron chi connectivity index (χ4n) is 2.76. The first-order chi connectivity index (χ1) is 16.5. The number of rotatable bonds is 7. The molecule has 1 heterocycles. The van der Waals surface area contributed by atoms with E-state index in [9.17, 15) is 31.5 Å². The number of urea groups is 1. The molecule has 0 aliphatic heterocycles. The number of anilines is 2. The standard InChI is InChI=1S/C22H17F5N4O4/c1-28-19(32)17-11-15(8-9-29-17)34-14-5-3-13(4-6-14)30-21(33)31-16-10-12(22(25,26)27)2-7-18(16)35-20(23)24/h2-11,20H,1H3,(H,28,32)(H2,30,31,33). The summed E-state index contributed by atoms with van der Waals surface area (Å²) in [6.45, 7) is -3.31. The number of carbonyl (C=O) groups is 2. The number of carbonyl (C=O) groups excluding carboxylic acids is 2. The lowest BCUT2D eigenvalue weighted by atomic mass is 10.2. The van der Waals surface area contributed by atoms with Crippen molar-refractivity contribution in [1.29, 1.82) is 0 Å². The van der Waals surface area contributed by atoms with E-state index in [1.54, 1.807) is 0 Å². The number of benzene rings is 2. The Hall–Kier alpha value is -4.42. The van der Waals surface area contributed by atoms with E-state index in [-0.39, 0.29) is 11.4 Å². The lowest BCUT2D eigenvalue weighted by molar-refractivity contribution is -0.137. The van der Waals surface area contributed by atoms with Gasteiger partial charge in [-0.1, -0.05) is 0 Å². The number of ether oxygens (including phenoxy) is 2. The van der Waals surface area contributed by atoms with Crippen molar-refractivity contribution in [2.45, 2.75) is 12.8 Å². The van der Waals surface area contributed by atoms with Gasteiger partial charge in [0.15, 0.2) is 0 Å². The molecule has 0 unspecified atom stereocenters. The summed E-state index contributed by atoms with van der Waals surface area (Å²) in [6, 6.07) is 9.49. The minimum atomic E-state index is -4.76. The Bertz CT molecular complexity index is 1200. The van der Waals surface area contributed by atoms with Gasteiger partial charge in [-0.3, -0.25) is 9.78 Å². The Morgan fingerprint density at radius 1 is 0.943 bits per heavy atom. The summed E-state index contributed by atoms with van der Waals surface area (Å²) in [4.78, 5) is 27.8. The summed E-state index contributed by atoms with van der Waals surface area (Å²) in [5.74, 6) is -0.368. The van der Waals surface area contributed by atoms with Crippen LogP contribution in [-0.4, -0.2) is 30.6 Å². The first kappa shape index (κ1) is 25.2. The van der Waals surface area contributed by atoms with Gasteiger partial charge in [0.25, 0.3) is 5.91 Å². The zero-order chi connectivity index (χ0) is 25.6. The summed E-state index contributed by atoms with van der Waals surface area (Å²) in [5, 5.41) is 6.86. The van der Waals surface area contributed by atoms with Gasteiger partial charge in [0.2, 0.25) is 0 Å². The molecule has 3 rings (SSSR count). The van der Waals surface area contributed by atoms with Crippen molar-refractivity contribution in [2.75, 3.05) is 17.7 Å². The van der Waals surface area contributed by atoms with Crippen molar-refractivity contribution < 1.29 is 41.0 Å². The monoisotopic (exact) mass is 496 g/mol. The molecule has 0 saturated heterocycles. The highest BCUT2D eigenvalue weighted by Crippen LogP contribution is 2.35. The molecule has 1 aromatic heterocycles. The van der Waals surface area contributed by atoms with E-state index in [2.05, 4.69) is 25.7 Å². The van der Waals surface area contributed by atoms with E-state index in [1.165, 1.54) is 49.6 Å². The first-order valence-corrected chi connectivity index (χ1v) is 9.75. The van der Waals surface area contributed by atoms with Crippen LogP contribution in [0.15, 0.2) is 60.8 Å². The summed E-state index contributed by atoms with van der Waals surface area (Å²) >= 11 is 0. The van der Waals surface area contributed by atoms with E-state index < -0.39 is 41.7 Å². The van der Waals surface area contributed by atoms with Crippen LogP contribution in [0.5, 0.6) is 17.2 Å². The molecule has 0 bridgehead atoms. The largest absolute Gasteiger partial charge is 0.457 e. The topological polar surface area (TPSA) is 102 Å². The first-order valence-electron chi connectivity index (χ1n) is 9.75. The van der Waals surface area contributed by atoms with Gasteiger partial charge >= 0.3 is 18.8 Å². The number of pyridine rings is 1. The van der Waals surface area contributed by atoms with E-state index in [4.69, 9.17) is 4.74 Å². The molecule has 184 valence electrons. The second kappa shape index (κ2) is 10.7. The van der Waals surface area contributed by atoms with Crippen LogP contribution in [0.3, 0.4) is 0 Å².